The number of hydrogen-bond acceptors (Lipinski definition) is 3. The van der Waals surface area contributed by atoms with Crippen LogP contribution in [0, 0.1) is 0 Å². The van der Waals surface area contributed by atoms with E-state index < -0.39 is 12.1 Å². The van der Waals surface area contributed by atoms with Crippen LogP contribution in [0.5, 0.6) is 0 Å². The molecule has 0 aromatic heterocycles. The lowest BCUT2D eigenvalue weighted by Gasteiger charge is -2.19. The van der Waals surface area contributed by atoms with Gasteiger partial charge in [-0.3, -0.25) is 4.79 Å². The Hall–Kier alpha value is -1.39. The summed E-state index contributed by atoms with van der Waals surface area (Å²) in [5, 5.41) is 23.0. The lowest BCUT2D eigenvalue weighted by Crippen LogP contribution is -2.45. The molecule has 300 valence electrons. The highest BCUT2D eigenvalue weighted by atomic mass is 16.3. The van der Waals surface area contributed by atoms with Crippen LogP contribution in [-0.2, 0) is 4.79 Å². The minimum atomic E-state index is -0.867. The summed E-state index contributed by atoms with van der Waals surface area (Å²) < 4.78 is 0. The molecule has 0 saturated heterocycles. The molecule has 0 heterocycles. The highest BCUT2D eigenvalue weighted by Crippen LogP contribution is 2.15. The van der Waals surface area contributed by atoms with Gasteiger partial charge in [0.2, 0.25) is 5.91 Å². The van der Waals surface area contributed by atoms with Crippen molar-refractivity contribution in [2.75, 3.05) is 6.61 Å². The summed E-state index contributed by atoms with van der Waals surface area (Å²) in [7, 11) is 0. The van der Waals surface area contributed by atoms with E-state index in [1.807, 2.05) is 6.08 Å². The summed E-state index contributed by atoms with van der Waals surface area (Å²) >= 11 is 0. The molecule has 2 unspecified atom stereocenters. The largest absolute Gasteiger partial charge is 0.394 e. The van der Waals surface area contributed by atoms with Crippen molar-refractivity contribution in [2.45, 2.75) is 251 Å². The Morgan fingerprint density at radius 2 is 0.765 bits per heavy atom. The first-order valence-electron chi connectivity index (χ1n) is 22.7. The summed E-state index contributed by atoms with van der Waals surface area (Å²) in [6, 6.07) is -0.642. The van der Waals surface area contributed by atoms with E-state index in [0.29, 0.717) is 6.42 Å². The third-order valence-corrected chi connectivity index (χ3v) is 10.4. The average Bonchev–Trinajstić information content (AvgIpc) is 3.13. The summed E-state index contributed by atoms with van der Waals surface area (Å²) in [4.78, 5) is 12.4. The van der Waals surface area contributed by atoms with Crippen molar-refractivity contribution >= 4 is 5.91 Å². The van der Waals surface area contributed by atoms with Crippen molar-refractivity contribution < 1.29 is 15.0 Å². The Morgan fingerprint density at radius 1 is 0.451 bits per heavy atom. The van der Waals surface area contributed by atoms with Gasteiger partial charge >= 0.3 is 0 Å². The molecule has 51 heavy (non-hydrogen) atoms. The molecule has 0 rings (SSSR count). The van der Waals surface area contributed by atoms with Crippen molar-refractivity contribution in [1.82, 2.24) is 5.32 Å². The standard InChI is InChI=1S/C47H89NO3/c1-3-5-7-9-11-13-15-17-19-21-23-24-25-26-28-30-32-34-36-38-40-42-46(50)45(44-49)48-47(51)43-41-39-37-35-33-31-29-27-22-20-18-16-14-12-10-8-6-4-2/h25-26,32,34,40,42,45-46,49-50H,3-24,27-31,33,35-39,41,43-44H2,1-2H3,(H,48,51)/b26-25+,34-32+,42-40+. The molecule has 0 spiro atoms. The van der Waals surface area contributed by atoms with E-state index >= 15 is 0 Å². The second-order valence-electron chi connectivity index (χ2n) is 15.5. The van der Waals surface area contributed by atoms with E-state index in [2.05, 4.69) is 43.5 Å². The maximum Gasteiger partial charge on any atom is 0.220 e. The molecular formula is C47H89NO3. The molecule has 3 N–H and O–H groups in total. The second-order valence-corrected chi connectivity index (χ2v) is 15.5. The molecule has 0 fully saturated rings. The zero-order valence-electron chi connectivity index (χ0n) is 34.4. The van der Waals surface area contributed by atoms with Crippen LogP contribution in [0.15, 0.2) is 36.5 Å². The first kappa shape index (κ1) is 49.6. The van der Waals surface area contributed by atoms with Gasteiger partial charge in [0, 0.05) is 6.42 Å². The van der Waals surface area contributed by atoms with Crippen molar-refractivity contribution in [1.29, 1.82) is 0 Å². The fraction of sp³-hybridized carbons (Fsp3) is 0.851. The molecule has 2 atom stereocenters. The Morgan fingerprint density at radius 3 is 1.14 bits per heavy atom. The van der Waals surface area contributed by atoms with E-state index in [1.54, 1.807) is 6.08 Å². The minimum Gasteiger partial charge on any atom is -0.394 e. The summed E-state index contributed by atoms with van der Waals surface area (Å²) in [6.45, 7) is 4.31. The second kappa shape index (κ2) is 43.0. The monoisotopic (exact) mass is 716 g/mol. The summed E-state index contributed by atoms with van der Waals surface area (Å²) in [5.41, 5.74) is 0. The molecule has 0 radical (unpaired) electrons. The zero-order valence-corrected chi connectivity index (χ0v) is 34.4. The van der Waals surface area contributed by atoms with Gasteiger partial charge in [-0.05, 0) is 44.9 Å². The van der Waals surface area contributed by atoms with Gasteiger partial charge in [0.25, 0.3) is 0 Å². The highest BCUT2D eigenvalue weighted by Gasteiger charge is 2.17. The summed E-state index contributed by atoms with van der Waals surface area (Å²) in [6.07, 6.45) is 56.9. The molecule has 0 aliphatic rings. The van der Waals surface area contributed by atoms with Gasteiger partial charge in [-0.25, -0.2) is 0 Å². The maximum absolute atomic E-state index is 12.4. The molecule has 0 aliphatic carbocycles. The Bertz CT molecular complexity index is 775. The number of allylic oxidation sites excluding steroid dienone is 5. The number of aliphatic hydroxyl groups is 2. The smallest absolute Gasteiger partial charge is 0.220 e. The molecule has 0 aromatic carbocycles. The quantitative estimate of drug-likeness (QED) is 0.0436. The number of hydrogen-bond donors (Lipinski definition) is 3. The number of carbonyl (C=O) groups is 1. The van der Waals surface area contributed by atoms with Crippen LogP contribution in [0.2, 0.25) is 0 Å². The molecule has 0 saturated carbocycles. The number of carbonyl (C=O) groups excluding carboxylic acids is 1. The fourth-order valence-electron chi connectivity index (χ4n) is 6.86. The van der Waals surface area contributed by atoms with Gasteiger partial charge in [0.15, 0.2) is 0 Å². The van der Waals surface area contributed by atoms with Crippen LogP contribution in [-0.4, -0.2) is 34.9 Å². The van der Waals surface area contributed by atoms with Crippen molar-refractivity contribution in [2.24, 2.45) is 0 Å². The normalized spacial score (nSPS) is 13.3. The van der Waals surface area contributed by atoms with Crippen molar-refractivity contribution in [3.63, 3.8) is 0 Å². The highest BCUT2D eigenvalue weighted by molar-refractivity contribution is 5.76. The number of nitrogens with one attached hydrogen (secondary N) is 1. The predicted octanol–water partition coefficient (Wildman–Crippen LogP) is 14.2. The molecule has 0 aromatic rings. The van der Waals surface area contributed by atoms with E-state index in [-0.39, 0.29) is 12.5 Å². The van der Waals surface area contributed by atoms with Crippen LogP contribution in [0.4, 0.5) is 0 Å². The Labute approximate surface area is 319 Å². The molecule has 0 bridgehead atoms. The van der Waals surface area contributed by atoms with Gasteiger partial charge in [0.05, 0.1) is 18.8 Å². The third kappa shape index (κ3) is 39.6. The van der Waals surface area contributed by atoms with Gasteiger partial charge < -0.3 is 15.5 Å². The van der Waals surface area contributed by atoms with E-state index in [0.717, 1.165) is 38.5 Å². The Balaban J connectivity index is 3.61. The number of aliphatic hydroxyl groups excluding tert-OH is 2. The van der Waals surface area contributed by atoms with E-state index in [4.69, 9.17) is 0 Å². The molecule has 1 amide bonds. The van der Waals surface area contributed by atoms with Gasteiger partial charge in [-0.1, -0.05) is 224 Å². The summed E-state index contributed by atoms with van der Waals surface area (Å²) in [5.74, 6) is -0.0752. The van der Waals surface area contributed by atoms with Crippen LogP contribution >= 0.6 is 0 Å². The van der Waals surface area contributed by atoms with E-state index in [1.165, 1.54) is 180 Å². The molecule has 4 heteroatoms. The first-order valence-corrected chi connectivity index (χ1v) is 22.7. The average molecular weight is 716 g/mol. The number of rotatable bonds is 41. The first-order chi connectivity index (χ1) is 25.2. The number of amides is 1. The minimum absolute atomic E-state index is 0.0752. The zero-order chi connectivity index (χ0) is 37.1. The lowest BCUT2D eigenvalue weighted by molar-refractivity contribution is -0.123. The topological polar surface area (TPSA) is 69.6 Å². The lowest BCUT2D eigenvalue weighted by atomic mass is 10.0. The van der Waals surface area contributed by atoms with Gasteiger partial charge in [-0.2, -0.15) is 0 Å². The van der Waals surface area contributed by atoms with Gasteiger partial charge in [-0.15, -0.1) is 0 Å². The van der Waals surface area contributed by atoms with Crippen LogP contribution in [0.1, 0.15) is 239 Å². The molecular weight excluding hydrogens is 627 g/mol. The molecule has 4 nitrogen and oxygen atoms in total. The Kier molecular flexibility index (Phi) is 41.8. The van der Waals surface area contributed by atoms with E-state index in [9.17, 15) is 15.0 Å². The number of unbranched alkanes of at least 4 members (excludes halogenated alkanes) is 30. The van der Waals surface area contributed by atoms with Crippen LogP contribution < -0.4 is 5.32 Å². The SMILES string of the molecule is CCCCCCCCCCCCC/C=C/CC/C=C/CC/C=C/C(O)C(CO)NC(=O)CCCCCCCCCCCCCCCCCCCC. The van der Waals surface area contributed by atoms with Crippen LogP contribution in [0.3, 0.4) is 0 Å². The van der Waals surface area contributed by atoms with Crippen molar-refractivity contribution in [3.8, 4) is 0 Å². The van der Waals surface area contributed by atoms with Crippen molar-refractivity contribution in [3.05, 3.63) is 36.5 Å². The third-order valence-electron chi connectivity index (χ3n) is 10.4. The fourth-order valence-corrected chi connectivity index (χ4v) is 6.86. The predicted molar refractivity (Wildman–Crippen MR) is 225 cm³/mol. The van der Waals surface area contributed by atoms with Crippen LogP contribution in [0.25, 0.3) is 0 Å². The molecule has 0 aliphatic heterocycles. The van der Waals surface area contributed by atoms with Gasteiger partial charge in [0.1, 0.15) is 0 Å². The maximum atomic E-state index is 12.4.